The van der Waals surface area contributed by atoms with Gasteiger partial charge in [-0.2, -0.15) is 0 Å². The van der Waals surface area contributed by atoms with E-state index < -0.39 is 0 Å². The van der Waals surface area contributed by atoms with Gasteiger partial charge >= 0.3 is 0 Å². The number of imidazole rings is 1. The predicted molar refractivity (Wildman–Crippen MR) is 93.2 cm³/mol. The van der Waals surface area contributed by atoms with Gasteiger partial charge in [-0.25, -0.2) is 9.97 Å². The summed E-state index contributed by atoms with van der Waals surface area (Å²) in [5.41, 5.74) is 3.63. The van der Waals surface area contributed by atoms with Gasteiger partial charge in [0.1, 0.15) is 5.01 Å². The Morgan fingerprint density at radius 1 is 1.22 bits per heavy atom. The highest BCUT2D eigenvalue weighted by Crippen LogP contribution is 2.35. The molecule has 4 rings (SSSR count). The first-order valence-corrected chi connectivity index (χ1v) is 8.86. The molecule has 1 aliphatic rings. The lowest BCUT2D eigenvalue weighted by molar-refractivity contribution is 0.306. The number of rotatable bonds is 6. The van der Waals surface area contributed by atoms with Crippen LogP contribution in [0.3, 0.4) is 0 Å². The quantitative estimate of drug-likeness (QED) is 0.688. The Labute approximate surface area is 140 Å². The first kappa shape index (κ1) is 14.6. The fraction of sp³-hybridized carbons (Fsp3) is 0.333. The van der Waals surface area contributed by atoms with Crippen LogP contribution in [0.5, 0.6) is 0 Å². The summed E-state index contributed by atoms with van der Waals surface area (Å²) >= 11 is 1.72. The lowest BCUT2D eigenvalue weighted by Gasteiger charge is -2.16. The van der Waals surface area contributed by atoms with E-state index in [1.807, 2.05) is 18.6 Å². The molecule has 4 nitrogen and oxygen atoms in total. The zero-order valence-electron chi connectivity index (χ0n) is 13.2. The van der Waals surface area contributed by atoms with Crippen LogP contribution >= 0.6 is 11.3 Å². The summed E-state index contributed by atoms with van der Waals surface area (Å²) < 4.78 is 2.33. The summed E-state index contributed by atoms with van der Waals surface area (Å²) in [4.78, 5) is 11.4. The second-order valence-corrected chi connectivity index (χ2v) is 7.06. The van der Waals surface area contributed by atoms with E-state index in [4.69, 9.17) is 4.98 Å². The van der Waals surface area contributed by atoms with Crippen molar-refractivity contribution in [1.29, 1.82) is 0 Å². The molecular formula is C18H20N4S. The van der Waals surface area contributed by atoms with Gasteiger partial charge in [0.15, 0.2) is 0 Å². The standard InChI is InChI=1S/C18H20N4S/c1-21(11-17-9-19-13-22(17)16-7-8-16)10-15-12-23-18(20-15)14-5-3-2-4-6-14/h2-6,9,12-13,16H,7-8,10-11H2,1H3. The molecule has 0 spiro atoms. The van der Waals surface area contributed by atoms with Crippen LogP contribution in [-0.2, 0) is 13.1 Å². The molecule has 1 saturated carbocycles. The van der Waals surface area contributed by atoms with Gasteiger partial charge in [-0.05, 0) is 19.9 Å². The third-order valence-electron chi connectivity index (χ3n) is 4.12. The maximum absolute atomic E-state index is 4.77. The van der Waals surface area contributed by atoms with Crippen molar-refractivity contribution in [3.8, 4) is 10.6 Å². The minimum Gasteiger partial charge on any atom is -0.330 e. The largest absolute Gasteiger partial charge is 0.330 e. The summed E-state index contributed by atoms with van der Waals surface area (Å²) in [5, 5.41) is 3.26. The molecule has 0 unspecified atom stereocenters. The average molecular weight is 324 g/mol. The second-order valence-electron chi connectivity index (χ2n) is 6.21. The van der Waals surface area contributed by atoms with Crippen molar-refractivity contribution in [3.63, 3.8) is 0 Å². The molecule has 2 aromatic heterocycles. The second kappa shape index (κ2) is 6.26. The van der Waals surface area contributed by atoms with Crippen molar-refractivity contribution in [2.24, 2.45) is 0 Å². The Morgan fingerprint density at radius 2 is 2.04 bits per heavy atom. The number of hydrogen-bond acceptors (Lipinski definition) is 4. The molecule has 1 aromatic carbocycles. The summed E-state index contributed by atoms with van der Waals surface area (Å²) in [5.74, 6) is 0. The number of aromatic nitrogens is 3. The van der Waals surface area contributed by atoms with Crippen LogP contribution in [-0.4, -0.2) is 26.5 Å². The molecule has 5 heteroatoms. The van der Waals surface area contributed by atoms with Gasteiger partial charge < -0.3 is 4.57 Å². The Morgan fingerprint density at radius 3 is 2.83 bits per heavy atom. The van der Waals surface area contributed by atoms with Gasteiger partial charge in [0.25, 0.3) is 0 Å². The normalized spacial score (nSPS) is 14.5. The van der Waals surface area contributed by atoms with Gasteiger partial charge in [-0.3, -0.25) is 4.90 Å². The Bertz CT molecular complexity index is 773. The zero-order valence-corrected chi connectivity index (χ0v) is 14.0. The van der Waals surface area contributed by atoms with Gasteiger partial charge in [0, 0.05) is 36.3 Å². The van der Waals surface area contributed by atoms with Crippen LogP contribution in [0.15, 0.2) is 48.2 Å². The first-order chi connectivity index (χ1) is 11.3. The topological polar surface area (TPSA) is 34.0 Å². The highest BCUT2D eigenvalue weighted by molar-refractivity contribution is 7.13. The van der Waals surface area contributed by atoms with Crippen LogP contribution < -0.4 is 0 Å². The van der Waals surface area contributed by atoms with Gasteiger partial charge in [0.05, 0.1) is 17.7 Å². The van der Waals surface area contributed by atoms with E-state index in [-0.39, 0.29) is 0 Å². The molecule has 2 heterocycles. The van der Waals surface area contributed by atoms with Crippen LogP contribution in [0.1, 0.15) is 30.3 Å². The Balaban J connectivity index is 1.42. The highest BCUT2D eigenvalue weighted by Gasteiger charge is 2.25. The third-order valence-corrected chi connectivity index (χ3v) is 5.06. The van der Waals surface area contributed by atoms with E-state index in [0.717, 1.165) is 23.8 Å². The lowest BCUT2D eigenvalue weighted by Crippen LogP contribution is -2.19. The van der Waals surface area contributed by atoms with Gasteiger partial charge in [-0.15, -0.1) is 11.3 Å². The van der Waals surface area contributed by atoms with E-state index in [1.54, 1.807) is 11.3 Å². The van der Waals surface area contributed by atoms with E-state index in [2.05, 4.69) is 51.1 Å². The fourth-order valence-electron chi connectivity index (χ4n) is 2.84. The fourth-order valence-corrected chi connectivity index (χ4v) is 3.65. The molecule has 0 aliphatic heterocycles. The molecule has 0 bridgehead atoms. The average Bonchev–Trinajstić information content (AvgIpc) is 3.13. The van der Waals surface area contributed by atoms with Gasteiger partial charge in [-0.1, -0.05) is 30.3 Å². The molecule has 3 aromatic rings. The van der Waals surface area contributed by atoms with Crippen molar-refractivity contribution in [1.82, 2.24) is 19.4 Å². The molecular weight excluding hydrogens is 304 g/mol. The maximum atomic E-state index is 4.77. The van der Waals surface area contributed by atoms with Crippen molar-refractivity contribution >= 4 is 11.3 Å². The lowest BCUT2D eigenvalue weighted by atomic mass is 10.2. The summed E-state index contributed by atoms with van der Waals surface area (Å²) in [6.45, 7) is 1.77. The SMILES string of the molecule is CN(Cc1csc(-c2ccccc2)n1)Cc1cncn1C1CC1. The molecule has 0 amide bonds. The Hall–Kier alpha value is -1.98. The molecule has 1 fully saturated rings. The van der Waals surface area contributed by atoms with Crippen molar-refractivity contribution < 1.29 is 0 Å². The van der Waals surface area contributed by atoms with Crippen LogP contribution in [0, 0.1) is 0 Å². The molecule has 0 atom stereocenters. The number of nitrogens with zero attached hydrogens (tertiary/aromatic N) is 4. The van der Waals surface area contributed by atoms with E-state index in [9.17, 15) is 0 Å². The van der Waals surface area contributed by atoms with Crippen LogP contribution in [0.25, 0.3) is 10.6 Å². The monoisotopic (exact) mass is 324 g/mol. The van der Waals surface area contributed by atoms with Crippen LogP contribution in [0.2, 0.25) is 0 Å². The minimum absolute atomic E-state index is 0.685. The number of thiazole rings is 1. The maximum Gasteiger partial charge on any atom is 0.123 e. The van der Waals surface area contributed by atoms with Crippen molar-refractivity contribution in [3.05, 3.63) is 59.6 Å². The molecule has 0 saturated heterocycles. The van der Waals surface area contributed by atoms with E-state index >= 15 is 0 Å². The molecule has 118 valence electrons. The molecule has 1 aliphatic carbocycles. The predicted octanol–water partition coefficient (Wildman–Crippen LogP) is 3.97. The molecule has 0 N–H and O–H groups in total. The smallest absolute Gasteiger partial charge is 0.123 e. The first-order valence-electron chi connectivity index (χ1n) is 7.98. The highest BCUT2D eigenvalue weighted by atomic mass is 32.1. The number of benzene rings is 1. The minimum atomic E-state index is 0.685. The summed E-state index contributed by atoms with van der Waals surface area (Å²) in [6.07, 6.45) is 6.54. The van der Waals surface area contributed by atoms with Gasteiger partial charge in [0.2, 0.25) is 0 Å². The van der Waals surface area contributed by atoms with E-state index in [1.165, 1.54) is 24.1 Å². The Kier molecular flexibility index (Phi) is 3.97. The van der Waals surface area contributed by atoms with Crippen molar-refractivity contribution in [2.45, 2.75) is 32.0 Å². The molecule has 0 radical (unpaired) electrons. The van der Waals surface area contributed by atoms with Crippen LogP contribution in [0.4, 0.5) is 0 Å². The summed E-state index contributed by atoms with van der Waals surface area (Å²) in [7, 11) is 2.14. The summed E-state index contributed by atoms with van der Waals surface area (Å²) in [6, 6.07) is 11.1. The van der Waals surface area contributed by atoms with Crippen molar-refractivity contribution in [2.75, 3.05) is 7.05 Å². The third kappa shape index (κ3) is 3.35. The molecule has 23 heavy (non-hydrogen) atoms. The zero-order chi connectivity index (χ0) is 15.6. The van der Waals surface area contributed by atoms with E-state index in [0.29, 0.717) is 6.04 Å². The number of hydrogen-bond donors (Lipinski definition) is 0.